The molecule has 26 heavy (non-hydrogen) atoms. The second-order valence-electron chi connectivity index (χ2n) is 6.51. The lowest BCUT2D eigenvalue weighted by Gasteiger charge is -2.10. The largest absolute Gasteiger partial charge is 0.373 e. The molecule has 2 aromatic heterocycles. The van der Waals surface area contributed by atoms with Gasteiger partial charge in [-0.05, 0) is 37.5 Å². The molecule has 6 nitrogen and oxygen atoms in total. The molecule has 3 aromatic rings. The molecule has 4 rings (SSSR count). The van der Waals surface area contributed by atoms with Crippen LogP contribution in [0.15, 0.2) is 42.4 Å². The van der Waals surface area contributed by atoms with Crippen LogP contribution in [-0.4, -0.2) is 27.5 Å². The first-order chi connectivity index (χ1) is 12.6. The van der Waals surface area contributed by atoms with Crippen molar-refractivity contribution in [1.29, 1.82) is 0 Å². The van der Waals surface area contributed by atoms with E-state index in [0.717, 1.165) is 52.9 Å². The zero-order valence-electron chi connectivity index (χ0n) is 14.5. The van der Waals surface area contributed by atoms with E-state index in [0.29, 0.717) is 5.57 Å². The molecule has 6 heteroatoms. The standard InChI is InChI=1S/C20H20N4O2/c1-12(19(21)25)8-13-4-2-5-14(9-13)18-17-15(16-6-3-7-26-16)10-22-20(17)24-11-23-18/h2,4-5,8-11,16H,3,6-7H2,1H3,(H2,21,25)(H,22,23,24)/b12-8+. The lowest BCUT2D eigenvalue weighted by atomic mass is 10.00. The summed E-state index contributed by atoms with van der Waals surface area (Å²) in [5.41, 5.74) is 10.5. The van der Waals surface area contributed by atoms with Gasteiger partial charge in [-0.3, -0.25) is 4.79 Å². The van der Waals surface area contributed by atoms with Crippen LogP contribution < -0.4 is 5.73 Å². The van der Waals surface area contributed by atoms with Crippen molar-refractivity contribution in [3.63, 3.8) is 0 Å². The molecule has 1 unspecified atom stereocenters. The van der Waals surface area contributed by atoms with Gasteiger partial charge in [-0.15, -0.1) is 0 Å². The van der Waals surface area contributed by atoms with Crippen molar-refractivity contribution in [3.8, 4) is 11.3 Å². The minimum atomic E-state index is -0.425. The number of hydrogen-bond acceptors (Lipinski definition) is 4. The van der Waals surface area contributed by atoms with E-state index in [2.05, 4.69) is 15.0 Å². The molecule has 132 valence electrons. The summed E-state index contributed by atoms with van der Waals surface area (Å²) in [6.45, 7) is 2.49. The average Bonchev–Trinajstić information content (AvgIpc) is 3.30. The van der Waals surface area contributed by atoms with E-state index in [4.69, 9.17) is 10.5 Å². The number of aromatic nitrogens is 3. The van der Waals surface area contributed by atoms with Gasteiger partial charge in [0.15, 0.2) is 0 Å². The number of nitrogens with zero attached hydrogens (tertiary/aromatic N) is 2. The monoisotopic (exact) mass is 348 g/mol. The summed E-state index contributed by atoms with van der Waals surface area (Å²) in [7, 11) is 0. The summed E-state index contributed by atoms with van der Waals surface area (Å²) >= 11 is 0. The van der Waals surface area contributed by atoms with Crippen LogP contribution in [0.5, 0.6) is 0 Å². The van der Waals surface area contributed by atoms with Gasteiger partial charge in [0.1, 0.15) is 12.0 Å². The first-order valence-electron chi connectivity index (χ1n) is 8.65. The molecule has 3 N–H and O–H groups in total. The molecule has 1 fully saturated rings. The van der Waals surface area contributed by atoms with E-state index in [9.17, 15) is 4.79 Å². The normalized spacial score (nSPS) is 17.7. The maximum Gasteiger partial charge on any atom is 0.244 e. The lowest BCUT2D eigenvalue weighted by molar-refractivity contribution is -0.114. The Kier molecular flexibility index (Phi) is 4.26. The molecular weight excluding hydrogens is 328 g/mol. The number of amides is 1. The smallest absolute Gasteiger partial charge is 0.244 e. The zero-order valence-corrected chi connectivity index (χ0v) is 14.5. The number of hydrogen-bond donors (Lipinski definition) is 2. The Bertz CT molecular complexity index is 1000. The Morgan fingerprint density at radius 2 is 2.27 bits per heavy atom. The van der Waals surface area contributed by atoms with Crippen LogP contribution in [0.2, 0.25) is 0 Å². The topological polar surface area (TPSA) is 93.9 Å². The van der Waals surface area contributed by atoms with Gasteiger partial charge in [-0.1, -0.05) is 18.2 Å². The van der Waals surface area contributed by atoms with Gasteiger partial charge < -0.3 is 15.5 Å². The maximum atomic E-state index is 11.3. The predicted molar refractivity (Wildman–Crippen MR) is 100 cm³/mol. The molecule has 0 bridgehead atoms. The number of primary amides is 1. The minimum absolute atomic E-state index is 0.0775. The highest BCUT2D eigenvalue weighted by Gasteiger charge is 2.23. The molecule has 0 saturated carbocycles. The fraction of sp³-hybridized carbons (Fsp3) is 0.250. The van der Waals surface area contributed by atoms with Crippen molar-refractivity contribution in [2.45, 2.75) is 25.9 Å². The van der Waals surface area contributed by atoms with Crippen LogP contribution in [0.1, 0.15) is 37.0 Å². The van der Waals surface area contributed by atoms with E-state index >= 15 is 0 Å². The Morgan fingerprint density at radius 1 is 1.38 bits per heavy atom. The number of carbonyl (C=O) groups excluding carboxylic acids is 1. The molecule has 1 aromatic carbocycles. The summed E-state index contributed by atoms with van der Waals surface area (Å²) < 4.78 is 5.86. The van der Waals surface area contributed by atoms with Crippen molar-refractivity contribution < 1.29 is 9.53 Å². The maximum absolute atomic E-state index is 11.3. The number of nitrogens with one attached hydrogen (secondary N) is 1. The fourth-order valence-electron chi connectivity index (χ4n) is 3.38. The predicted octanol–water partition coefficient (Wildman–Crippen LogP) is 3.37. The van der Waals surface area contributed by atoms with E-state index < -0.39 is 5.91 Å². The van der Waals surface area contributed by atoms with Crippen LogP contribution in [-0.2, 0) is 9.53 Å². The van der Waals surface area contributed by atoms with Crippen LogP contribution in [0.25, 0.3) is 28.4 Å². The third kappa shape index (κ3) is 2.99. The Balaban J connectivity index is 1.83. The fourth-order valence-corrected chi connectivity index (χ4v) is 3.38. The van der Waals surface area contributed by atoms with Gasteiger partial charge in [-0.25, -0.2) is 9.97 Å². The molecule has 1 amide bonds. The van der Waals surface area contributed by atoms with Gasteiger partial charge in [-0.2, -0.15) is 0 Å². The van der Waals surface area contributed by atoms with Crippen molar-refractivity contribution in [2.75, 3.05) is 6.61 Å². The van der Waals surface area contributed by atoms with Crippen molar-refractivity contribution in [1.82, 2.24) is 15.0 Å². The van der Waals surface area contributed by atoms with Crippen molar-refractivity contribution in [2.24, 2.45) is 5.73 Å². The highest BCUT2D eigenvalue weighted by atomic mass is 16.5. The summed E-state index contributed by atoms with van der Waals surface area (Å²) in [4.78, 5) is 23.4. The quantitative estimate of drug-likeness (QED) is 0.707. The summed E-state index contributed by atoms with van der Waals surface area (Å²) in [5.74, 6) is -0.425. The SMILES string of the molecule is C/C(=C\c1cccc(-c2ncnc3[nH]cc(C4CCCO4)c23)c1)C(N)=O. The average molecular weight is 348 g/mol. The van der Waals surface area contributed by atoms with Gasteiger partial charge in [0.25, 0.3) is 0 Å². The highest BCUT2D eigenvalue weighted by Crippen LogP contribution is 2.37. The van der Waals surface area contributed by atoms with Gasteiger partial charge in [0.2, 0.25) is 5.91 Å². The van der Waals surface area contributed by atoms with Crippen LogP contribution in [0.3, 0.4) is 0 Å². The zero-order chi connectivity index (χ0) is 18.1. The third-order valence-electron chi connectivity index (χ3n) is 4.71. The Labute approximate surface area is 151 Å². The van der Waals surface area contributed by atoms with E-state index in [1.807, 2.05) is 30.5 Å². The highest BCUT2D eigenvalue weighted by molar-refractivity contribution is 5.97. The molecule has 1 aliphatic heterocycles. The van der Waals surface area contributed by atoms with Crippen LogP contribution >= 0.6 is 0 Å². The number of fused-ring (bicyclic) bond motifs is 1. The number of H-pyrrole nitrogens is 1. The molecule has 3 heterocycles. The first kappa shape index (κ1) is 16.5. The molecule has 0 aliphatic carbocycles. The third-order valence-corrected chi connectivity index (χ3v) is 4.71. The van der Waals surface area contributed by atoms with E-state index in [-0.39, 0.29) is 6.10 Å². The molecule has 0 spiro atoms. The molecule has 1 aliphatic rings. The molecular formula is C20H20N4O2. The van der Waals surface area contributed by atoms with Crippen molar-refractivity contribution in [3.05, 3.63) is 53.5 Å². The lowest BCUT2D eigenvalue weighted by Crippen LogP contribution is -2.11. The number of aromatic amines is 1. The number of ether oxygens (including phenoxy) is 1. The van der Waals surface area contributed by atoms with Crippen LogP contribution in [0, 0.1) is 0 Å². The van der Waals surface area contributed by atoms with E-state index in [1.54, 1.807) is 19.3 Å². The number of benzene rings is 1. The summed E-state index contributed by atoms with van der Waals surface area (Å²) in [5, 5.41) is 0.993. The number of carbonyl (C=O) groups is 1. The van der Waals surface area contributed by atoms with Crippen molar-refractivity contribution >= 4 is 23.0 Å². The Morgan fingerprint density at radius 3 is 3.04 bits per heavy atom. The second-order valence-corrected chi connectivity index (χ2v) is 6.51. The first-order valence-corrected chi connectivity index (χ1v) is 8.65. The number of rotatable bonds is 4. The molecule has 1 atom stereocenters. The minimum Gasteiger partial charge on any atom is -0.373 e. The molecule has 0 radical (unpaired) electrons. The summed E-state index contributed by atoms with van der Waals surface area (Å²) in [6, 6.07) is 7.89. The molecule has 1 saturated heterocycles. The van der Waals surface area contributed by atoms with Gasteiger partial charge >= 0.3 is 0 Å². The summed E-state index contributed by atoms with van der Waals surface area (Å²) in [6.07, 6.45) is 7.45. The van der Waals surface area contributed by atoms with Gasteiger partial charge in [0.05, 0.1) is 17.2 Å². The number of nitrogens with two attached hydrogens (primary N) is 1. The Hall–Kier alpha value is -2.99. The van der Waals surface area contributed by atoms with Gasteiger partial charge in [0, 0.05) is 29.5 Å². The van der Waals surface area contributed by atoms with Crippen LogP contribution in [0.4, 0.5) is 0 Å². The second kappa shape index (κ2) is 6.72. The van der Waals surface area contributed by atoms with E-state index in [1.165, 1.54) is 0 Å².